The Morgan fingerprint density at radius 2 is 1.73 bits per heavy atom. The molecule has 2 aromatic carbocycles. The van der Waals surface area contributed by atoms with Gasteiger partial charge in [-0.2, -0.15) is 0 Å². The van der Waals surface area contributed by atoms with Crippen LogP contribution in [0.3, 0.4) is 0 Å². The number of rotatable bonds is 6. The lowest BCUT2D eigenvalue weighted by molar-refractivity contribution is -0.383. The van der Waals surface area contributed by atoms with Gasteiger partial charge in [-0.1, -0.05) is 24.3 Å². The summed E-state index contributed by atoms with van der Waals surface area (Å²) in [7, 11) is 1.53. The van der Waals surface area contributed by atoms with Crippen molar-refractivity contribution in [3.63, 3.8) is 0 Å². The van der Waals surface area contributed by atoms with Gasteiger partial charge in [0, 0.05) is 5.69 Å². The zero-order valence-corrected chi connectivity index (χ0v) is 14.3. The van der Waals surface area contributed by atoms with Gasteiger partial charge in [-0.3, -0.25) is 10.1 Å². The molecule has 3 rings (SSSR count). The molecule has 0 saturated heterocycles. The molecule has 0 unspecified atom stereocenters. The van der Waals surface area contributed by atoms with Gasteiger partial charge in [0.2, 0.25) is 11.6 Å². The van der Waals surface area contributed by atoms with Crippen LogP contribution < -0.4 is 15.4 Å². The molecule has 0 aliphatic heterocycles. The largest absolute Gasteiger partial charge is 0.495 e. The summed E-state index contributed by atoms with van der Waals surface area (Å²) in [5.41, 5.74) is 2.00. The molecule has 2 N–H and O–H groups in total. The number of aromatic nitrogens is 2. The molecule has 0 bridgehead atoms. The molecule has 3 aromatic rings. The first-order chi connectivity index (χ1) is 12.6. The number of benzene rings is 2. The number of para-hydroxylation sites is 1. The molecule has 0 radical (unpaired) electrons. The summed E-state index contributed by atoms with van der Waals surface area (Å²) in [6.45, 7) is 1.92. The van der Waals surface area contributed by atoms with Crippen LogP contribution in [0.15, 0.2) is 54.9 Å². The van der Waals surface area contributed by atoms with Crippen molar-refractivity contribution in [3.05, 3.63) is 70.5 Å². The van der Waals surface area contributed by atoms with Crippen molar-refractivity contribution in [1.82, 2.24) is 9.97 Å². The highest BCUT2D eigenvalue weighted by molar-refractivity contribution is 5.78. The van der Waals surface area contributed by atoms with E-state index in [2.05, 4.69) is 20.6 Å². The molecule has 0 fully saturated rings. The Balaban J connectivity index is 2.01. The molecule has 0 aliphatic rings. The Morgan fingerprint density at radius 3 is 2.38 bits per heavy atom. The molecule has 0 saturated carbocycles. The van der Waals surface area contributed by atoms with Crippen LogP contribution in [-0.2, 0) is 0 Å². The van der Waals surface area contributed by atoms with Crippen molar-refractivity contribution >= 4 is 28.7 Å². The van der Waals surface area contributed by atoms with Crippen molar-refractivity contribution in [2.24, 2.45) is 0 Å². The minimum absolute atomic E-state index is 0.0762. The van der Waals surface area contributed by atoms with Gasteiger partial charge in [0.15, 0.2) is 0 Å². The Hall–Kier alpha value is -3.68. The smallest absolute Gasteiger partial charge is 0.353 e. The maximum absolute atomic E-state index is 11.7. The molecule has 132 valence electrons. The number of nitro groups is 1. The molecule has 1 aromatic heterocycles. The molecule has 0 aliphatic carbocycles. The summed E-state index contributed by atoms with van der Waals surface area (Å²) < 4.78 is 5.31. The predicted molar refractivity (Wildman–Crippen MR) is 99.4 cm³/mol. The summed E-state index contributed by atoms with van der Waals surface area (Å²) in [5, 5.41) is 17.6. The summed E-state index contributed by atoms with van der Waals surface area (Å²) in [6, 6.07) is 14.6. The molecular weight excluding hydrogens is 334 g/mol. The third-order valence-corrected chi connectivity index (χ3v) is 3.65. The molecule has 0 amide bonds. The van der Waals surface area contributed by atoms with Crippen LogP contribution in [0, 0.1) is 17.0 Å². The monoisotopic (exact) mass is 351 g/mol. The highest BCUT2D eigenvalue weighted by atomic mass is 16.6. The van der Waals surface area contributed by atoms with Crippen molar-refractivity contribution in [1.29, 1.82) is 0 Å². The van der Waals surface area contributed by atoms with Crippen LogP contribution in [0.5, 0.6) is 5.75 Å². The average molecular weight is 351 g/mol. The van der Waals surface area contributed by atoms with E-state index >= 15 is 0 Å². The topological polar surface area (TPSA) is 102 Å². The van der Waals surface area contributed by atoms with Crippen LogP contribution >= 0.6 is 0 Å². The van der Waals surface area contributed by atoms with Crippen molar-refractivity contribution < 1.29 is 9.66 Å². The number of aryl methyl sites for hydroxylation is 1. The number of nitrogens with zero attached hydrogens (tertiary/aromatic N) is 3. The van der Waals surface area contributed by atoms with Crippen LogP contribution in [-0.4, -0.2) is 22.0 Å². The van der Waals surface area contributed by atoms with Crippen molar-refractivity contribution in [2.75, 3.05) is 17.7 Å². The van der Waals surface area contributed by atoms with Crippen molar-refractivity contribution in [2.45, 2.75) is 6.92 Å². The van der Waals surface area contributed by atoms with Gasteiger partial charge in [0.1, 0.15) is 12.1 Å². The number of hydrogen-bond donors (Lipinski definition) is 2. The van der Waals surface area contributed by atoms with E-state index in [9.17, 15) is 10.1 Å². The number of anilines is 4. The van der Waals surface area contributed by atoms with Gasteiger partial charge < -0.3 is 15.4 Å². The van der Waals surface area contributed by atoms with E-state index in [1.807, 2.05) is 37.3 Å². The summed E-state index contributed by atoms with van der Waals surface area (Å²) in [6.07, 6.45) is 1.27. The van der Waals surface area contributed by atoms with E-state index in [4.69, 9.17) is 4.74 Å². The SMILES string of the molecule is COc1ccc(C)cc1Nc1ncnc(Nc2ccccc2)c1[N+](=O)[O-]. The lowest BCUT2D eigenvalue weighted by Crippen LogP contribution is -2.06. The molecular formula is C18H17N5O3. The third-order valence-electron chi connectivity index (χ3n) is 3.65. The molecule has 0 spiro atoms. The second-order valence-corrected chi connectivity index (χ2v) is 5.50. The van der Waals surface area contributed by atoms with Gasteiger partial charge in [0.05, 0.1) is 17.7 Å². The Bertz CT molecular complexity index is 931. The van der Waals surface area contributed by atoms with Crippen LogP contribution in [0.25, 0.3) is 0 Å². The molecule has 26 heavy (non-hydrogen) atoms. The fraction of sp³-hybridized carbons (Fsp3) is 0.111. The number of ether oxygens (including phenoxy) is 1. The third kappa shape index (κ3) is 3.69. The molecule has 8 heteroatoms. The van der Waals surface area contributed by atoms with E-state index in [-0.39, 0.29) is 17.3 Å². The highest BCUT2D eigenvalue weighted by Gasteiger charge is 2.24. The van der Waals surface area contributed by atoms with Crippen molar-refractivity contribution in [3.8, 4) is 5.75 Å². The maximum atomic E-state index is 11.7. The standard InChI is InChI=1S/C18H17N5O3/c1-12-8-9-15(26-2)14(10-12)22-18-16(23(24)25)17(19-11-20-18)21-13-6-4-3-5-7-13/h3-11H,1-2H3,(H2,19,20,21,22). The normalized spacial score (nSPS) is 10.2. The lowest BCUT2D eigenvalue weighted by Gasteiger charge is -2.13. The summed E-state index contributed by atoms with van der Waals surface area (Å²) in [4.78, 5) is 19.2. The number of nitrogens with one attached hydrogen (secondary N) is 2. The quantitative estimate of drug-likeness (QED) is 0.507. The summed E-state index contributed by atoms with van der Waals surface area (Å²) in [5.74, 6) is 0.735. The van der Waals surface area contributed by atoms with Gasteiger partial charge in [-0.25, -0.2) is 9.97 Å². The highest BCUT2D eigenvalue weighted by Crippen LogP contribution is 2.35. The minimum Gasteiger partial charge on any atom is -0.495 e. The molecule has 8 nitrogen and oxygen atoms in total. The van der Waals surface area contributed by atoms with Gasteiger partial charge in [-0.15, -0.1) is 0 Å². The van der Waals surface area contributed by atoms with E-state index in [1.165, 1.54) is 13.4 Å². The van der Waals surface area contributed by atoms with Crippen LogP contribution in [0.4, 0.5) is 28.7 Å². The second kappa shape index (κ2) is 7.47. The predicted octanol–water partition coefficient (Wildman–Crippen LogP) is 4.19. The summed E-state index contributed by atoms with van der Waals surface area (Å²) >= 11 is 0. The zero-order chi connectivity index (χ0) is 18.5. The van der Waals surface area contributed by atoms with Crippen LogP contribution in [0.1, 0.15) is 5.56 Å². The van der Waals surface area contributed by atoms with Gasteiger partial charge in [-0.05, 0) is 36.8 Å². The second-order valence-electron chi connectivity index (χ2n) is 5.50. The fourth-order valence-electron chi connectivity index (χ4n) is 2.44. The minimum atomic E-state index is -0.518. The molecule has 0 atom stereocenters. The van der Waals surface area contributed by atoms with Crippen LogP contribution in [0.2, 0.25) is 0 Å². The van der Waals surface area contributed by atoms with Gasteiger partial charge in [0.25, 0.3) is 0 Å². The Morgan fingerprint density at radius 1 is 1.04 bits per heavy atom. The Kier molecular flexibility index (Phi) is 4.93. The van der Waals surface area contributed by atoms with E-state index in [0.717, 1.165) is 5.56 Å². The zero-order valence-electron chi connectivity index (χ0n) is 14.3. The number of hydrogen-bond acceptors (Lipinski definition) is 7. The van der Waals surface area contributed by atoms with E-state index in [1.54, 1.807) is 18.2 Å². The van der Waals surface area contributed by atoms with E-state index < -0.39 is 4.92 Å². The molecule has 1 heterocycles. The first-order valence-corrected chi connectivity index (χ1v) is 7.81. The first kappa shape index (κ1) is 17.2. The van der Waals surface area contributed by atoms with E-state index in [0.29, 0.717) is 17.1 Å². The maximum Gasteiger partial charge on any atom is 0.353 e. The first-order valence-electron chi connectivity index (χ1n) is 7.81. The average Bonchev–Trinajstić information content (AvgIpc) is 2.63. The van der Waals surface area contributed by atoms with Gasteiger partial charge >= 0.3 is 5.69 Å². The lowest BCUT2D eigenvalue weighted by atomic mass is 10.2. The number of methoxy groups -OCH3 is 1. The Labute approximate surface area is 150 Å². The fourth-order valence-corrected chi connectivity index (χ4v) is 2.44.